The first-order valence-electron chi connectivity index (χ1n) is 7.61. The van der Waals surface area contributed by atoms with Gasteiger partial charge in [0, 0.05) is 36.3 Å². The minimum absolute atomic E-state index is 0.0758. The van der Waals surface area contributed by atoms with Crippen LogP contribution in [-0.4, -0.2) is 33.0 Å². The third-order valence-electron chi connectivity index (χ3n) is 3.73. The highest BCUT2D eigenvalue weighted by atomic mass is 32.2. The number of hydrogen-bond donors (Lipinski definition) is 1. The quantitative estimate of drug-likeness (QED) is 0.417. The van der Waals surface area contributed by atoms with Crippen LogP contribution in [0.1, 0.15) is 16.1 Å². The molecule has 0 aliphatic carbocycles. The van der Waals surface area contributed by atoms with Crippen LogP contribution in [0.25, 0.3) is 5.65 Å². The number of hydrogen-bond acceptors (Lipinski definition) is 5. The third kappa shape index (κ3) is 3.80. The number of pyridine rings is 1. The minimum atomic E-state index is -0.541. The number of rotatable bonds is 6. The molecular weight excluding hydrogens is 340 g/mol. The molecule has 0 fully saturated rings. The van der Waals surface area contributed by atoms with Gasteiger partial charge in [0.15, 0.2) is 0 Å². The number of amides is 1. The molecule has 0 spiro atoms. The van der Waals surface area contributed by atoms with E-state index in [9.17, 15) is 14.9 Å². The average Bonchev–Trinajstić information content (AvgIpc) is 3.03. The smallest absolute Gasteiger partial charge is 0.282 e. The van der Waals surface area contributed by atoms with Crippen molar-refractivity contribution in [1.29, 1.82) is 0 Å². The maximum atomic E-state index is 12.4. The van der Waals surface area contributed by atoms with Crippen molar-refractivity contribution >= 4 is 29.0 Å². The molecule has 0 bridgehead atoms. The number of benzene rings is 1. The van der Waals surface area contributed by atoms with Gasteiger partial charge in [-0.25, -0.2) is 4.98 Å². The lowest BCUT2D eigenvalue weighted by Gasteiger charge is -2.06. The molecule has 0 radical (unpaired) electrons. The molecule has 2 aromatic heterocycles. The highest BCUT2D eigenvalue weighted by molar-refractivity contribution is 7.98. The topological polar surface area (TPSA) is 89.5 Å². The maximum Gasteiger partial charge on any atom is 0.282 e. The summed E-state index contributed by atoms with van der Waals surface area (Å²) in [4.78, 5) is 28.2. The second kappa shape index (κ2) is 7.35. The van der Waals surface area contributed by atoms with Gasteiger partial charge in [-0.05, 0) is 30.5 Å². The van der Waals surface area contributed by atoms with E-state index in [1.54, 1.807) is 12.1 Å². The van der Waals surface area contributed by atoms with Crippen LogP contribution in [0.4, 0.5) is 5.69 Å². The Hall–Kier alpha value is -2.87. The highest BCUT2D eigenvalue weighted by Gasteiger charge is 2.20. The van der Waals surface area contributed by atoms with E-state index in [-0.39, 0.29) is 11.3 Å². The molecule has 1 amide bonds. The monoisotopic (exact) mass is 356 g/mol. The number of imidazole rings is 1. The lowest BCUT2D eigenvalue weighted by molar-refractivity contribution is -0.385. The number of carbonyl (C=O) groups is 1. The summed E-state index contributed by atoms with van der Waals surface area (Å²) in [7, 11) is 0. The highest BCUT2D eigenvalue weighted by Crippen LogP contribution is 2.24. The van der Waals surface area contributed by atoms with Crippen LogP contribution < -0.4 is 5.32 Å². The fraction of sp³-hybridized carbons (Fsp3) is 0.176. The van der Waals surface area contributed by atoms with Gasteiger partial charge < -0.3 is 9.72 Å². The van der Waals surface area contributed by atoms with Crippen LogP contribution in [0.2, 0.25) is 0 Å². The first-order valence-corrected chi connectivity index (χ1v) is 8.84. The number of nitro benzene ring substituents is 1. The van der Waals surface area contributed by atoms with E-state index in [0.717, 1.165) is 16.2 Å². The number of carbonyl (C=O) groups excluding carboxylic acids is 1. The predicted molar refractivity (Wildman–Crippen MR) is 96.1 cm³/mol. The zero-order valence-electron chi connectivity index (χ0n) is 13.5. The van der Waals surface area contributed by atoms with Crippen molar-refractivity contribution in [2.45, 2.75) is 11.3 Å². The van der Waals surface area contributed by atoms with Gasteiger partial charge in [-0.3, -0.25) is 14.9 Å². The standard InChI is InChI=1S/C17H16N4O3S/c1-25-13-5-6-15(21(23)24)14(10-13)17(22)18-8-7-12-11-20-9-3-2-4-16(20)19-12/h2-6,9-11H,7-8H2,1H3,(H,18,22). The van der Waals surface area contributed by atoms with Crippen molar-refractivity contribution in [2.75, 3.05) is 12.8 Å². The Balaban J connectivity index is 1.69. The van der Waals surface area contributed by atoms with Crippen molar-refractivity contribution < 1.29 is 9.72 Å². The molecule has 1 aromatic carbocycles. The van der Waals surface area contributed by atoms with Crippen molar-refractivity contribution in [3.05, 3.63) is 70.2 Å². The number of thioether (sulfide) groups is 1. The number of aromatic nitrogens is 2. The van der Waals surface area contributed by atoms with Gasteiger partial charge in [-0.15, -0.1) is 11.8 Å². The summed E-state index contributed by atoms with van der Waals surface area (Å²) in [5, 5.41) is 13.9. The van der Waals surface area contributed by atoms with E-state index < -0.39 is 10.8 Å². The zero-order valence-corrected chi connectivity index (χ0v) is 14.3. The molecule has 0 unspecified atom stereocenters. The van der Waals surface area contributed by atoms with Gasteiger partial charge in [0.2, 0.25) is 0 Å². The largest absolute Gasteiger partial charge is 0.351 e. The first-order chi connectivity index (χ1) is 12.1. The summed E-state index contributed by atoms with van der Waals surface area (Å²) in [6.45, 7) is 0.351. The molecule has 3 aromatic rings. The van der Waals surface area contributed by atoms with Gasteiger partial charge in [0.1, 0.15) is 11.2 Å². The molecule has 0 atom stereocenters. The van der Waals surface area contributed by atoms with Crippen molar-refractivity contribution in [1.82, 2.24) is 14.7 Å². The lowest BCUT2D eigenvalue weighted by Crippen LogP contribution is -2.26. The molecule has 3 rings (SSSR count). The number of nitrogens with zero attached hydrogens (tertiary/aromatic N) is 3. The van der Waals surface area contributed by atoms with Crippen LogP contribution in [0.5, 0.6) is 0 Å². The van der Waals surface area contributed by atoms with E-state index in [0.29, 0.717) is 13.0 Å². The molecule has 2 heterocycles. The molecule has 0 aliphatic rings. The average molecular weight is 356 g/mol. The van der Waals surface area contributed by atoms with Gasteiger partial charge in [0.05, 0.1) is 10.6 Å². The molecular formula is C17H16N4O3S. The molecule has 0 aliphatic heterocycles. The zero-order chi connectivity index (χ0) is 17.8. The Morgan fingerprint density at radius 2 is 2.20 bits per heavy atom. The summed E-state index contributed by atoms with van der Waals surface area (Å²) in [6, 6.07) is 10.3. The van der Waals surface area contributed by atoms with E-state index in [2.05, 4.69) is 10.3 Å². The van der Waals surface area contributed by atoms with E-state index in [1.807, 2.05) is 41.2 Å². The fourth-order valence-corrected chi connectivity index (χ4v) is 2.93. The number of nitrogens with one attached hydrogen (secondary N) is 1. The summed E-state index contributed by atoms with van der Waals surface area (Å²) in [6.07, 6.45) is 6.20. The van der Waals surface area contributed by atoms with Crippen molar-refractivity contribution in [3.8, 4) is 0 Å². The van der Waals surface area contributed by atoms with Crippen LogP contribution >= 0.6 is 11.8 Å². The van der Waals surface area contributed by atoms with Crippen molar-refractivity contribution in [2.24, 2.45) is 0 Å². The van der Waals surface area contributed by atoms with Crippen LogP contribution in [-0.2, 0) is 6.42 Å². The fourth-order valence-electron chi connectivity index (χ4n) is 2.49. The molecule has 128 valence electrons. The summed E-state index contributed by atoms with van der Waals surface area (Å²) < 4.78 is 1.91. The molecule has 0 saturated heterocycles. The predicted octanol–water partition coefficient (Wildman–Crippen LogP) is 2.94. The summed E-state index contributed by atoms with van der Waals surface area (Å²) >= 11 is 1.43. The molecule has 1 N–H and O–H groups in total. The third-order valence-corrected chi connectivity index (χ3v) is 4.45. The molecule has 8 heteroatoms. The summed E-state index contributed by atoms with van der Waals surface area (Å²) in [5.74, 6) is -0.452. The minimum Gasteiger partial charge on any atom is -0.351 e. The molecule has 25 heavy (non-hydrogen) atoms. The van der Waals surface area contributed by atoms with E-state index >= 15 is 0 Å². The Kier molecular flexibility index (Phi) is 4.99. The Labute approximate surface area is 148 Å². The number of fused-ring (bicyclic) bond motifs is 1. The number of nitro groups is 1. The van der Waals surface area contributed by atoms with Crippen LogP contribution in [0, 0.1) is 10.1 Å². The Morgan fingerprint density at radius 1 is 1.36 bits per heavy atom. The van der Waals surface area contributed by atoms with Gasteiger partial charge in [0.25, 0.3) is 11.6 Å². The van der Waals surface area contributed by atoms with Gasteiger partial charge in [-0.2, -0.15) is 0 Å². The molecule has 7 nitrogen and oxygen atoms in total. The second-order valence-electron chi connectivity index (χ2n) is 5.34. The van der Waals surface area contributed by atoms with Gasteiger partial charge >= 0.3 is 0 Å². The van der Waals surface area contributed by atoms with Crippen LogP contribution in [0.3, 0.4) is 0 Å². The SMILES string of the molecule is CSc1ccc([N+](=O)[O-])c(C(=O)NCCc2cn3ccccc3n2)c1. The Bertz CT molecular complexity index is 906. The van der Waals surface area contributed by atoms with E-state index in [1.165, 1.54) is 17.8 Å². The van der Waals surface area contributed by atoms with Crippen LogP contribution in [0.15, 0.2) is 53.7 Å². The first kappa shape index (κ1) is 17.0. The lowest BCUT2D eigenvalue weighted by atomic mass is 10.1. The van der Waals surface area contributed by atoms with E-state index in [4.69, 9.17) is 0 Å². The normalized spacial score (nSPS) is 10.8. The maximum absolute atomic E-state index is 12.4. The second-order valence-corrected chi connectivity index (χ2v) is 6.22. The summed E-state index contributed by atoms with van der Waals surface area (Å²) in [5.41, 5.74) is 1.57. The van der Waals surface area contributed by atoms with Gasteiger partial charge in [-0.1, -0.05) is 6.07 Å². The van der Waals surface area contributed by atoms with Crippen molar-refractivity contribution in [3.63, 3.8) is 0 Å². The molecule has 0 saturated carbocycles. The Morgan fingerprint density at radius 3 is 2.92 bits per heavy atom.